The molecule has 7 heteroatoms. The molecular weight excluding hydrogens is 324 g/mol. The summed E-state index contributed by atoms with van der Waals surface area (Å²) < 4.78 is 13.9. The fourth-order valence-electron chi connectivity index (χ4n) is 2.36. The number of hydrogen-bond acceptors (Lipinski definition) is 6. The minimum absolute atomic E-state index is 0.269. The van der Waals surface area contributed by atoms with Crippen LogP contribution in [0.1, 0.15) is 16.2 Å². The van der Waals surface area contributed by atoms with E-state index in [2.05, 4.69) is 19.0 Å². The van der Waals surface area contributed by atoms with Crippen LogP contribution < -0.4 is 5.32 Å². The molecule has 0 spiro atoms. The molecule has 24 heavy (non-hydrogen) atoms. The minimum atomic E-state index is -0.319. The van der Waals surface area contributed by atoms with Crippen molar-refractivity contribution in [2.24, 2.45) is 0 Å². The first kappa shape index (κ1) is 14.5. The van der Waals surface area contributed by atoms with Crippen molar-refractivity contribution in [3.8, 4) is 11.5 Å². The third kappa shape index (κ3) is 2.65. The lowest BCUT2D eigenvalue weighted by atomic mass is 10.2. The van der Waals surface area contributed by atoms with Crippen LogP contribution in [0.3, 0.4) is 0 Å². The first-order chi connectivity index (χ1) is 11.7. The van der Waals surface area contributed by atoms with E-state index in [1.165, 1.54) is 0 Å². The molecule has 118 valence electrons. The van der Waals surface area contributed by atoms with Gasteiger partial charge in [0.25, 0.3) is 5.91 Å². The second kappa shape index (κ2) is 5.86. The summed E-state index contributed by atoms with van der Waals surface area (Å²) in [5.41, 5.74) is 3.30. The summed E-state index contributed by atoms with van der Waals surface area (Å²) in [7, 11) is 0. The van der Waals surface area contributed by atoms with E-state index >= 15 is 0 Å². The number of rotatable bonds is 3. The SMILES string of the molecule is Cc1oc(-c2ccccc2)nc1C(=O)Nc1ccc2nsnc2c1. The summed E-state index contributed by atoms with van der Waals surface area (Å²) in [4.78, 5) is 16.8. The number of anilines is 1. The zero-order chi connectivity index (χ0) is 16.5. The number of hydrogen-bond donors (Lipinski definition) is 1. The van der Waals surface area contributed by atoms with Crippen LogP contribution in [0.2, 0.25) is 0 Å². The molecular formula is C17H12N4O2S. The molecule has 0 bridgehead atoms. The predicted molar refractivity (Wildman–Crippen MR) is 92.0 cm³/mol. The van der Waals surface area contributed by atoms with E-state index in [0.29, 0.717) is 17.3 Å². The van der Waals surface area contributed by atoms with Crippen LogP contribution in [-0.4, -0.2) is 19.6 Å². The normalized spacial score (nSPS) is 10.9. The molecule has 0 saturated heterocycles. The smallest absolute Gasteiger partial charge is 0.277 e. The molecule has 2 aromatic heterocycles. The fraction of sp³-hybridized carbons (Fsp3) is 0.0588. The molecule has 0 fully saturated rings. The van der Waals surface area contributed by atoms with Crippen LogP contribution in [0.15, 0.2) is 52.9 Å². The van der Waals surface area contributed by atoms with Crippen molar-refractivity contribution in [2.75, 3.05) is 5.32 Å². The van der Waals surface area contributed by atoms with Gasteiger partial charge in [0.15, 0.2) is 5.69 Å². The van der Waals surface area contributed by atoms with Gasteiger partial charge < -0.3 is 9.73 Å². The van der Waals surface area contributed by atoms with Crippen LogP contribution in [0, 0.1) is 6.92 Å². The van der Waals surface area contributed by atoms with Gasteiger partial charge in [-0.1, -0.05) is 18.2 Å². The first-order valence-electron chi connectivity index (χ1n) is 7.27. The van der Waals surface area contributed by atoms with Gasteiger partial charge in [-0.3, -0.25) is 4.79 Å². The molecule has 4 rings (SSSR count). The third-order valence-corrected chi connectivity index (χ3v) is 4.10. The van der Waals surface area contributed by atoms with E-state index in [4.69, 9.17) is 4.42 Å². The summed E-state index contributed by atoms with van der Waals surface area (Å²) in [6.45, 7) is 1.72. The largest absolute Gasteiger partial charge is 0.441 e. The van der Waals surface area contributed by atoms with Crippen LogP contribution in [0.25, 0.3) is 22.5 Å². The van der Waals surface area contributed by atoms with E-state index in [1.807, 2.05) is 36.4 Å². The molecule has 1 N–H and O–H groups in total. The molecule has 0 atom stereocenters. The van der Waals surface area contributed by atoms with Crippen LogP contribution >= 0.6 is 11.7 Å². The molecule has 0 saturated carbocycles. The van der Waals surface area contributed by atoms with Crippen molar-refractivity contribution in [1.82, 2.24) is 13.7 Å². The van der Waals surface area contributed by atoms with Crippen LogP contribution in [0.4, 0.5) is 5.69 Å². The highest BCUT2D eigenvalue weighted by molar-refractivity contribution is 7.00. The summed E-state index contributed by atoms with van der Waals surface area (Å²) in [5, 5.41) is 2.82. The van der Waals surface area contributed by atoms with Crippen LogP contribution in [0.5, 0.6) is 0 Å². The zero-order valence-corrected chi connectivity index (χ0v) is 13.5. The molecule has 2 heterocycles. The lowest BCUT2D eigenvalue weighted by Gasteiger charge is -2.02. The molecule has 0 radical (unpaired) electrons. The highest BCUT2D eigenvalue weighted by Gasteiger charge is 2.18. The number of amides is 1. The Kier molecular flexibility index (Phi) is 3.55. The number of benzene rings is 2. The van der Waals surface area contributed by atoms with E-state index in [-0.39, 0.29) is 11.6 Å². The fourth-order valence-corrected chi connectivity index (χ4v) is 2.88. The lowest BCUT2D eigenvalue weighted by Crippen LogP contribution is -2.13. The Labute approximate surface area is 141 Å². The molecule has 0 aliphatic heterocycles. The van der Waals surface area contributed by atoms with Gasteiger partial charge in [0.05, 0.1) is 11.7 Å². The number of aromatic nitrogens is 3. The number of fused-ring (bicyclic) bond motifs is 1. The second-order valence-corrected chi connectivity index (χ2v) is 5.74. The van der Waals surface area contributed by atoms with E-state index in [9.17, 15) is 4.79 Å². The van der Waals surface area contributed by atoms with E-state index in [1.54, 1.807) is 19.1 Å². The second-order valence-electron chi connectivity index (χ2n) is 5.21. The number of carbonyl (C=O) groups is 1. The Hall–Kier alpha value is -3.06. The Morgan fingerprint density at radius 1 is 1.08 bits per heavy atom. The lowest BCUT2D eigenvalue weighted by molar-refractivity contribution is 0.102. The van der Waals surface area contributed by atoms with Crippen molar-refractivity contribution in [3.05, 3.63) is 60.0 Å². The van der Waals surface area contributed by atoms with Gasteiger partial charge in [0.2, 0.25) is 5.89 Å². The van der Waals surface area contributed by atoms with Gasteiger partial charge in [-0.05, 0) is 37.3 Å². The average Bonchev–Trinajstić information content (AvgIpc) is 3.21. The van der Waals surface area contributed by atoms with E-state index < -0.39 is 0 Å². The summed E-state index contributed by atoms with van der Waals surface area (Å²) in [6, 6.07) is 14.9. The number of nitrogens with one attached hydrogen (secondary N) is 1. The molecule has 0 aliphatic carbocycles. The van der Waals surface area contributed by atoms with Crippen LogP contribution in [-0.2, 0) is 0 Å². The standard InChI is InChI=1S/C17H12N4O2S/c1-10-15(19-17(23-10)11-5-3-2-4-6-11)16(22)18-12-7-8-13-14(9-12)21-24-20-13/h2-9H,1H3,(H,18,22). The van der Waals surface area contributed by atoms with Crippen molar-refractivity contribution in [3.63, 3.8) is 0 Å². The van der Waals surface area contributed by atoms with Gasteiger partial charge in [-0.2, -0.15) is 8.75 Å². The quantitative estimate of drug-likeness (QED) is 0.613. The number of oxazole rings is 1. The first-order valence-corrected chi connectivity index (χ1v) is 8.00. The molecule has 2 aromatic carbocycles. The number of aryl methyl sites for hydroxylation is 1. The Morgan fingerprint density at radius 2 is 1.88 bits per heavy atom. The summed E-state index contributed by atoms with van der Waals surface area (Å²) in [6.07, 6.45) is 0. The minimum Gasteiger partial charge on any atom is -0.441 e. The highest BCUT2D eigenvalue weighted by atomic mass is 32.1. The van der Waals surface area contributed by atoms with Gasteiger partial charge in [0.1, 0.15) is 16.8 Å². The Morgan fingerprint density at radius 3 is 2.71 bits per heavy atom. The molecule has 4 aromatic rings. The van der Waals surface area contributed by atoms with Gasteiger partial charge in [-0.25, -0.2) is 4.98 Å². The Bertz CT molecular complexity index is 1020. The number of carbonyl (C=O) groups excluding carboxylic acids is 1. The van der Waals surface area contributed by atoms with E-state index in [0.717, 1.165) is 28.3 Å². The molecule has 0 unspecified atom stereocenters. The predicted octanol–water partition coefficient (Wildman–Crippen LogP) is 3.91. The maximum absolute atomic E-state index is 12.5. The van der Waals surface area contributed by atoms with Crippen molar-refractivity contribution in [1.29, 1.82) is 0 Å². The molecule has 6 nitrogen and oxygen atoms in total. The maximum atomic E-state index is 12.5. The van der Waals surface area contributed by atoms with Crippen molar-refractivity contribution in [2.45, 2.75) is 6.92 Å². The van der Waals surface area contributed by atoms with Crippen molar-refractivity contribution < 1.29 is 9.21 Å². The highest BCUT2D eigenvalue weighted by Crippen LogP contribution is 2.23. The number of nitrogens with zero attached hydrogens (tertiary/aromatic N) is 3. The molecule has 0 aliphatic rings. The van der Waals surface area contributed by atoms with Crippen molar-refractivity contribution >= 4 is 34.4 Å². The Balaban J connectivity index is 1.61. The monoisotopic (exact) mass is 336 g/mol. The van der Waals surface area contributed by atoms with Gasteiger partial charge >= 0.3 is 0 Å². The van der Waals surface area contributed by atoms with Gasteiger partial charge in [0, 0.05) is 11.3 Å². The maximum Gasteiger partial charge on any atom is 0.277 e. The average molecular weight is 336 g/mol. The summed E-state index contributed by atoms with van der Waals surface area (Å²) >= 11 is 1.14. The third-order valence-electron chi connectivity index (χ3n) is 3.54. The zero-order valence-electron chi connectivity index (χ0n) is 12.7. The molecule has 1 amide bonds. The summed E-state index contributed by atoms with van der Waals surface area (Å²) in [5.74, 6) is 0.584. The van der Waals surface area contributed by atoms with Gasteiger partial charge in [-0.15, -0.1) is 0 Å². The topological polar surface area (TPSA) is 80.9 Å².